The first-order chi connectivity index (χ1) is 33.9. The van der Waals surface area contributed by atoms with E-state index in [-0.39, 0.29) is 56.2 Å². The van der Waals surface area contributed by atoms with Gasteiger partial charge in [-0.15, -0.1) is 0 Å². The molecule has 8 nitrogen and oxygen atoms in total. The van der Waals surface area contributed by atoms with Crippen molar-refractivity contribution in [2.45, 2.75) is 329 Å². The quantitative estimate of drug-likeness (QED) is 0.0338. The molecule has 0 aromatic heterocycles. The van der Waals surface area contributed by atoms with Crippen LogP contribution >= 0.6 is 0 Å². The molecular weight excluding hydrogens is 861 g/mol. The molecule has 0 aromatic carbocycles. The molecule has 0 heterocycles. The van der Waals surface area contributed by atoms with Gasteiger partial charge in [-0.05, 0) is 32.1 Å². The minimum Gasteiger partial charge on any atom is -0.465 e. The van der Waals surface area contributed by atoms with Crippen LogP contribution in [0.2, 0.25) is 0 Å². The maximum absolute atomic E-state index is 14.0. The van der Waals surface area contributed by atoms with Crippen molar-refractivity contribution in [1.82, 2.24) is 0 Å². The number of hydrogen-bond acceptors (Lipinski definition) is 8. The Labute approximate surface area is 427 Å². The average Bonchev–Trinajstić information content (AvgIpc) is 3.38. The van der Waals surface area contributed by atoms with Crippen LogP contribution < -0.4 is 0 Å². The van der Waals surface area contributed by atoms with Crippen LogP contribution in [0.4, 0.5) is 0 Å². The normalized spacial score (nSPS) is 14.4. The number of carbonyl (C=O) groups is 4. The minimum absolute atomic E-state index is 0.147. The highest BCUT2D eigenvalue weighted by molar-refractivity contribution is 5.73. The summed E-state index contributed by atoms with van der Waals surface area (Å²) in [6.07, 6.45) is 53.6. The first-order valence-corrected chi connectivity index (χ1v) is 30.5. The van der Waals surface area contributed by atoms with Crippen molar-refractivity contribution in [2.75, 3.05) is 26.4 Å². The molecule has 1 saturated carbocycles. The van der Waals surface area contributed by atoms with Gasteiger partial charge < -0.3 is 18.9 Å². The molecule has 0 unspecified atom stereocenters. The van der Waals surface area contributed by atoms with E-state index in [0.717, 1.165) is 96.3 Å². The fraction of sp³-hybridized carbons (Fsp3) is 0.934. The molecule has 0 saturated heterocycles. The van der Waals surface area contributed by atoms with Crippen LogP contribution in [0.25, 0.3) is 0 Å². The van der Waals surface area contributed by atoms with Gasteiger partial charge >= 0.3 is 23.9 Å². The standard InChI is InChI=1S/C61H114O8/c1-4-7-10-13-16-19-22-29-34-39-44-49-57(62)66-52-61(53-67-58(63)50-45-40-35-30-23-20-17-14-11-8-5-2,54-68-59(64)51-46-41-36-31-24-21-18-15-12-9-6-3)55-69-60(65)56-47-42-37-32-27-25-26-28-33-38-43-48-56/h56H,4-55H2,1-3H3. The molecule has 0 aliphatic heterocycles. The van der Waals surface area contributed by atoms with Crippen LogP contribution in [-0.4, -0.2) is 50.3 Å². The fourth-order valence-electron chi connectivity index (χ4n) is 9.89. The van der Waals surface area contributed by atoms with Crippen LogP contribution in [-0.2, 0) is 38.1 Å². The molecule has 1 fully saturated rings. The van der Waals surface area contributed by atoms with E-state index >= 15 is 0 Å². The van der Waals surface area contributed by atoms with Gasteiger partial charge in [-0.2, -0.15) is 0 Å². The van der Waals surface area contributed by atoms with Crippen molar-refractivity contribution in [1.29, 1.82) is 0 Å². The molecule has 0 atom stereocenters. The Bertz CT molecular complexity index is 1050. The van der Waals surface area contributed by atoms with E-state index in [1.807, 2.05) is 0 Å². The lowest BCUT2D eigenvalue weighted by Gasteiger charge is -2.32. The van der Waals surface area contributed by atoms with Gasteiger partial charge in [-0.1, -0.05) is 278 Å². The van der Waals surface area contributed by atoms with E-state index in [1.54, 1.807) is 0 Å². The van der Waals surface area contributed by atoms with E-state index in [0.29, 0.717) is 19.3 Å². The van der Waals surface area contributed by atoms with Gasteiger partial charge in [0.2, 0.25) is 0 Å². The van der Waals surface area contributed by atoms with Crippen LogP contribution in [0, 0.1) is 11.3 Å². The third-order valence-electron chi connectivity index (χ3n) is 14.8. The van der Waals surface area contributed by atoms with Gasteiger partial charge in [0.25, 0.3) is 0 Å². The van der Waals surface area contributed by atoms with Gasteiger partial charge in [-0.3, -0.25) is 19.2 Å². The zero-order valence-electron chi connectivity index (χ0n) is 46.1. The van der Waals surface area contributed by atoms with Gasteiger partial charge in [0.05, 0.1) is 5.92 Å². The molecule has 0 N–H and O–H groups in total. The maximum Gasteiger partial charge on any atom is 0.308 e. The smallest absolute Gasteiger partial charge is 0.308 e. The second-order valence-electron chi connectivity index (χ2n) is 21.8. The Kier molecular flexibility index (Phi) is 46.5. The summed E-state index contributed by atoms with van der Waals surface area (Å²) in [5.41, 5.74) is -1.20. The Balaban J connectivity index is 2.98. The summed E-state index contributed by atoms with van der Waals surface area (Å²) in [6, 6.07) is 0. The van der Waals surface area contributed by atoms with Gasteiger partial charge in [0.15, 0.2) is 0 Å². The lowest BCUT2D eigenvalue weighted by atomic mass is 9.91. The molecule has 0 radical (unpaired) electrons. The topological polar surface area (TPSA) is 105 Å². The Morgan fingerprint density at radius 2 is 0.522 bits per heavy atom. The van der Waals surface area contributed by atoms with Crippen molar-refractivity contribution < 1.29 is 38.1 Å². The minimum atomic E-state index is -1.20. The zero-order valence-corrected chi connectivity index (χ0v) is 46.1. The summed E-state index contributed by atoms with van der Waals surface area (Å²) in [5, 5.41) is 0. The SMILES string of the molecule is CCCCCCCCCCCCCC(=O)OCC(COC(=O)CCCCCCCCCCCCC)(COC(=O)CCCCCCCCCCCCC)COC(=O)C1CCCCCCCCCCCC1. The molecule has 1 aliphatic carbocycles. The lowest BCUT2D eigenvalue weighted by Crippen LogP contribution is -2.44. The second kappa shape index (κ2) is 49.5. The molecule has 0 spiro atoms. The van der Waals surface area contributed by atoms with Gasteiger partial charge in [0.1, 0.15) is 31.8 Å². The Hall–Kier alpha value is -2.12. The summed E-state index contributed by atoms with van der Waals surface area (Å²) in [4.78, 5) is 54.0. The number of ether oxygens (including phenoxy) is 4. The summed E-state index contributed by atoms with van der Waals surface area (Å²) in [6.45, 7) is 6.15. The molecular formula is C61H114O8. The third kappa shape index (κ3) is 42.1. The number of unbranched alkanes of at least 4 members (excludes halogenated alkanes) is 30. The second-order valence-corrected chi connectivity index (χ2v) is 21.8. The van der Waals surface area contributed by atoms with E-state index < -0.39 is 5.41 Å². The van der Waals surface area contributed by atoms with E-state index in [4.69, 9.17) is 18.9 Å². The van der Waals surface area contributed by atoms with Crippen molar-refractivity contribution in [2.24, 2.45) is 11.3 Å². The molecule has 0 bridgehead atoms. The van der Waals surface area contributed by atoms with Crippen LogP contribution in [0.3, 0.4) is 0 Å². The third-order valence-corrected chi connectivity index (χ3v) is 14.8. The van der Waals surface area contributed by atoms with Crippen molar-refractivity contribution in [3.8, 4) is 0 Å². The predicted molar refractivity (Wildman–Crippen MR) is 288 cm³/mol. The summed E-state index contributed by atoms with van der Waals surface area (Å²) >= 11 is 0. The fourth-order valence-corrected chi connectivity index (χ4v) is 9.89. The van der Waals surface area contributed by atoms with E-state index in [1.165, 1.54) is 193 Å². The molecule has 1 rings (SSSR count). The molecule has 69 heavy (non-hydrogen) atoms. The Morgan fingerprint density at radius 1 is 0.304 bits per heavy atom. The zero-order chi connectivity index (χ0) is 50.0. The first kappa shape index (κ1) is 64.9. The molecule has 8 heteroatoms. The van der Waals surface area contributed by atoms with Crippen molar-refractivity contribution >= 4 is 23.9 Å². The van der Waals surface area contributed by atoms with Crippen molar-refractivity contribution in [3.05, 3.63) is 0 Å². The monoisotopic (exact) mass is 975 g/mol. The van der Waals surface area contributed by atoms with Crippen LogP contribution in [0.1, 0.15) is 329 Å². The number of rotatable bonds is 45. The predicted octanol–water partition coefficient (Wildman–Crippen LogP) is 18.6. The summed E-state index contributed by atoms with van der Waals surface area (Å²) < 4.78 is 24.1. The van der Waals surface area contributed by atoms with Gasteiger partial charge in [-0.25, -0.2) is 0 Å². The number of carbonyl (C=O) groups excluding carboxylic acids is 4. The number of hydrogen-bond donors (Lipinski definition) is 0. The highest BCUT2D eigenvalue weighted by atomic mass is 16.6. The highest BCUT2D eigenvalue weighted by Crippen LogP contribution is 2.27. The van der Waals surface area contributed by atoms with E-state index in [2.05, 4.69) is 20.8 Å². The average molecular weight is 976 g/mol. The molecule has 0 aromatic rings. The van der Waals surface area contributed by atoms with Crippen LogP contribution in [0.5, 0.6) is 0 Å². The lowest BCUT2D eigenvalue weighted by molar-refractivity contribution is -0.172. The Morgan fingerprint density at radius 3 is 0.783 bits per heavy atom. The maximum atomic E-state index is 14.0. The summed E-state index contributed by atoms with van der Waals surface area (Å²) in [7, 11) is 0. The van der Waals surface area contributed by atoms with Crippen LogP contribution in [0.15, 0.2) is 0 Å². The first-order valence-electron chi connectivity index (χ1n) is 30.5. The number of esters is 4. The van der Waals surface area contributed by atoms with Gasteiger partial charge in [0, 0.05) is 19.3 Å². The molecule has 406 valence electrons. The molecule has 1 aliphatic rings. The highest BCUT2D eigenvalue weighted by Gasteiger charge is 2.38. The largest absolute Gasteiger partial charge is 0.465 e. The summed E-state index contributed by atoms with van der Waals surface area (Å²) in [5.74, 6) is -1.43. The molecule has 0 amide bonds. The van der Waals surface area contributed by atoms with Crippen molar-refractivity contribution in [3.63, 3.8) is 0 Å². The van der Waals surface area contributed by atoms with E-state index in [9.17, 15) is 19.2 Å².